The van der Waals surface area contributed by atoms with Gasteiger partial charge >= 0.3 is 0 Å². The molecule has 0 atom stereocenters. The minimum Gasteiger partial charge on any atom is -0.294 e. The molecule has 0 N–H and O–H groups in total. The predicted molar refractivity (Wildman–Crippen MR) is 84.5 cm³/mol. The van der Waals surface area contributed by atoms with Gasteiger partial charge in [-0.15, -0.1) is 0 Å². The highest BCUT2D eigenvalue weighted by Gasteiger charge is 2.19. The molecule has 21 heavy (non-hydrogen) atoms. The Bertz CT molecular complexity index is 679. The topological polar surface area (TPSA) is 60.7 Å². The average molecular weight is 351 g/mol. The van der Waals surface area contributed by atoms with Gasteiger partial charge < -0.3 is 0 Å². The molecule has 112 valence electrons. The predicted octanol–water partition coefficient (Wildman–Crippen LogP) is 2.83. The van der Waals surface area contributed by atoms with E-state index >= 15 is 0 Å². The zero-order valence-corrected chi connectivity index (χ0v) is 14.4. The van der Waals surface area contributed by atoms with Crippen LogP contribution in [-0.2, 0) is 26.3 Å². The third kappa shape index (κ3) is 3.20. The molecule has 2 heterocycles. The van der Waals surface area contributed by atoms with Gasteiger partial charge in [-0.25, -0.2) is 0 Å². The Morgan fingerprint density at radius 1 is 1.24 bits per heavy atom. The van der Waals surface area contributed by atoms with Crippen LogP contribution in [-0.4, -0.2) is 25.8 Å². The number of nitrogens with zero attached hydrogens (tertiary/aromatic N) is 4. The average Bonchev–Trinajstić information content (AvgIpc) is 2.74. The second kappa shape index (κ2) is 6.47. The lowest BCUT2D eigenvalue weighted by Crippen LogP contribution is -2.12. The van der Waals surface area contributed by atoms with Gasteiger partial charge in [0.2, 0.25) is 0 Å². The van der Waals surface area contributed by atoms with Gasteiger partial charge in [0.05, 0.1) is 33.7 Å². The van der Waals surface area contributed by atoms with Crippen molar-refractivity contribution in [1.29, 1.82) is 0 Å². The van der Waals surface area contributed by atoms with E-state index in [1.807, 2.05) is 33.9 Å². The lowest BCUT2D eigenvalue weighted by atomic mass is 10.0. The number of hydrogen-bond acceptors (Lipinski definition) is 4. The molecule has 2 aromatic rings. The van der Waals surface area contributed by atoms with Crippen LogP contribution in [0.2, 0.25) is 0 Å². The van der Waals surface area contributed by atoms with Crippen LogP contribution in [0.4, 0.5) is 0 Å². The van der Waals surface area contributed by atoms with Crippen molar-refractivity contribution in [2.45, 2.75) is 40.0 Å². The zero-order chi connectivity index (χ0) is 15.6. The fourth-order valence-corrected chi connectivity index (χ4v) is 3.03. The summed E-state index contributed by atoms with van der Waals surface area (Å²) in [4.78, 5) is 12.6. The molecule has 0 spiro atoms. The summed E-state index contributed by atoms with van der Waals surface area (Å²) in [6.07, 6.45) is 1.84. The molecule has 0 bridgehead atoms. The molecule has 5 nitrogen and oxygen atoms in total. The number of carbonyl (C=O) groups excluding carboxylic acids is 1. The summed E-state index contributed by atoms with van der Waals surface area (Å²) in [5.74, 6) is 0.0520. The van der Waals surface area contributed by atoms with Crippen LogP contribution >= 0.6 is 15.9 Å². The van der Waals surface area contributed by atoms with E-state index in [0.29, 0.717) is 18.4 Å². The largest absolute Gasteiger partial charge is 0.294 e. The molecule has 0 amide bonds. The van der Waals surface area contributed by atoms with Gasteiger partial charge in [-0.2, -0.15) is 15.3 Å². The van der Waals surface area contributed by atoms with Crippen molar-refractivity contribution in [2.24, 2.45) is 7.05 Å². The summed E-state index contributed by atoms with van der Waals surface area (Å²) in [5.41, 5.74) is 4.04. The second-order valence-corrected chi connectivity index (χ2v) is 5.78. The van der Waals surface area contributed by atoms with Crippen molar-refractivity contribution < 1.29 is 4.79 Å². The smallest absolute Gasteiger partial charge is 0.170 e. The molecule has 0 saturated heterocycles. The van der Waals surface area contributed by atoms with Crippen LogP contribution in [0.25, 0.3) is 0 Å². The summed E-state index contributed by atoms with van der Waals surface area (Å²) in [7, 11) is 1.86. The van der Waals surface area contributed by atoms with E-state index in [-0.39, 0.29) is 5.78 Å². The van der Waals surface area contributed by atoms with Gasteiger partial charge in [-0.05, 0) is 41.8 Å². The van der Waals surface area contributed by atoms with Gasteiger partial charge in [0.15, 0.2) is 5.78 Å². The summed E-state index contributed by atoms with van der Waals surface area (Å²) in [6, 6.07) is 1.82. The Labute approximate surface area is 132 Å². The number of rotatable bonds is 5. The molecule has 0 fully saturated rings. The maximum Gasteiger partial charge on any atom is 0.170 e. The SMILES string of the molecule is CCc1nnc(C)cc1C(=O)Cc1c(Br)c(CC)nn1C. The first-order valence-corrected chi connectivity index (χ1v) is 7.83. The molecule has 0 saturated carbocycles. The van der Waals surface area contributed by atoms with Crippen molar-refractivity contribution in [3.05, 3.63) is 38.9 Å². The first-order chi connectivity index (χ1) is 9.97. The van der Waals surface area contributed by atoms with E-state index in [9.17, 15) is 4.79 Å². The van der Waals surface area contributed by atoms with Gasteiger partial charge in [0.25, 0.3) is 0 Å². The zero-order valence-electron chi connectivity index (χ0n) is 12.8. The van der Waals surface area contributed by atoms with E-state index in [1.165, 1.54) is 0 Å². The molecule has 0 unspecified atom stereocenters. The molecule has 6 heteroatoms. The van der Waals surface area contributed by atoms with Crippen LogP contribution < -0.4 is 0 Å². The first kappa shape index (κ1) is 15.8. The molecule has 2 rings (SSSR count). The highest BCUT2D eigenvalue weighted by molar-refractivity contribution is 9.10. The maximum atomic E-state index is 12.6. The summed E-state index contributed by atoms with van der Waals surface area (Å²) in [5, 5.41) is 12.6. The standard InChI is InChI=1S/C15H19BrN4O/c1-5-11-10(7-9(3)17-18-11)14(21)8-13-15(16)12(6-2)19-20(13)4/h7H,5-6,8H2,1-4H3. The van der Waals surface area contributed by atoms with Crippen LogP contribution in [0.5, 0.6) is 0 Å². The van der Waals surface area contributed by atoms with Gasteiger partial charge in [-0.1, -0.05) is 13.8 Å². The highest BCUT2D eigenvalue weighted by atomic mass is 79.9. The minimum absolute atomic E-state index is 0.0520. The van der Waals surface area contributed by atoms with Crippen molar-refractivity contribution in [3.63, 3.8) is 0 Å². The summed E-state index contributed by atoms with van der Waals surface area (Å²) >= 11 is 3.55. The Kier molecular flexibility index (Phi) is 4.88. The third-order valence-electron chi connectivity index (χ3n) is 3.46. The molecule has 0 aromatic carbocycles. The lowest BCUT2D eigenvalue weighted by Gasteiger charge is -2.07. The van der Waals surface area contributed by atoms with Crippen molar-refractivity contribution in [3.8, 4) is 0 Å². The van der Waals surface area contributed by atoms with E-state index in [1.54, 1.807) is 4.68 Å². The minimum atomic E-state index is 0.0520. The number of aromatic nitrogens is 4. The van der Waals surface area contributed by atoms with Crippen molar-refractivity contribution >= 4 is 21.7 Å². The molecule has 0 aliphatic rings. The number of carbonyl (C=O) groups is 1. The van der Waals surface area contributed by atoms with Crippen LogP contribution in [0.3, 0.4) is 0 Å². The quantitative estimate of drug-likeness (QED) is 0.778. The summed E-state index contributed by atoms with van der Waals surface area (Å²) in [6.45, 7) is 5.87. The summed E-state index contributed by atoms with van der Waals surface area (Å²) < 4.78 is 2.70. The molecular weight excluding hydrogens is 332 g/mol. The Morgan fingerprint density at radius 2 is 1.90 bits per heavy atom. The Hall–Kier alpha value is -1.56. The molecule has 2 aromatic heterocycles. The third-order valence-corrected chi connectivity index (χ3v) is 4.37. The number of Topliss-reactive ketones (excluding diaryl/α,β-unsaturated/α-hetero) is 1. The van der Waals surface area contributed by atoms with Gasteiger partial charge in [-0.3, -0.25) is 9.48 Å². The Morgan fingerprint density at radius 3 is 2.48 bits per heavy atom. The number of hydrogen-bond donors (Lipinski definition) is 0. The number of halogens is 1. The van der Waals surface area contributed by atoms with Gasteiger partial charge in [0.1, 0.15) is 0 Å². The maximum absolute atomic E-state index is 12.6. The Balaban J connectivity index is 2.34. The highest BCUT2D eigenvalue weighted by Crippen LogP contribution is 2.23. The van der Waals surface area contributed by atoms with Crippen molar-refractivity contribution in [1.82, 2.24) is 20.0 Å². The van der Waals surface area contributed by atoms with Crippen LogP contribution in [0.15, 0.2) is 10.5 Å². The van der Waals surface area contributed by atoms with E-state index < -0.39 is 0 Å². The van der Waals surface area contributed by atoms with Gasteiger partial charge in [0, 0.05) is 12.6 Å². The lowest BCUT2D eigenvalue weighted by molar-refractivity contribution is 0.0989. The molecule has 0 aliphatic heterocycles. The van der Waals surface area contributed by atoms with E-state index in [0.717, 1.165) is 33.7 Å². The fourth-order valence-electron chi connectivity index (χ4n) is 2.28. The van der Waals surface area contributed by atoms with Crippen molar-refractivity contribution in [2.75, 3.05) is 0 Å². The van der Waals surface area contributed by atoms with E-state index in [2.05, 4.69) is 31.2 Å². The van der Waals surface area contributed by atoms with Crippen LogP contribution in [0, 0.1) is 6.92 Å². The number of aryl methyl sites for hydroxylation is 4. The molecule has 0 aliphatic carbocycles. The first-order valence-electron chi connectivity index (χ1n) is 7.04. The monoisotopic (exact) mass is 350 g/mol. The fraction of sp³-hybridized carbons (Fsp3) is 0.467. The molecule has 0 radical (unpaired) electrons. The van der Waals surface area contributed by atoms with E-state index in [4.69, 9.17) is 0 Å². The van der Waals surface area contributed by atoms with Crippen LogP contribution in [0.1, 0.15) is 47.0 Å². The molecular formula is C15H19BrN4O. The number of ketones is 1. The second-order valence-electron chi connectivity index (χ2n) is 4.98. The normalized spacial score (nSPS) is 10.9.